The number of nitriles is 1. The molecule has 0 aromatic heterocycles. The van der Waals surface area contributed by atoms with Crippen molar-refractivity contribution in [3.05, 3.63) is 35.4 Å². The lowest BCUT2D eigenvalue weighted by Gasteiger charge is -2.16. The van der Waals surface area contributed by atoms with E-state index in [0.717, 1.165) is 32.3 Å². The molecule has 1 aliphatic rings. The van der Waals surface area contributed by atoms with Crippen LogP contribution in [-0.4, -0.2) is 27.2 Å². The standard InChI is InChI=1S/C16H22N2O3S/c1-13(7-8-16-6-3-9-21-16)18-22(19,20)12-15-5-2-4-14(10-15)11-17/h2,4-5,10,13,16,18H,3,6-9,12H2,1H3/t13-,16+/m0/s1. The third-order valence-corrected chi connectivity index (χ3v) is 5.21. The Morgan fingerprint density at radius 1 is 1.50 bits per heavy atom. The zero-order valence-electron chi connectivity index (χ0n) is 12.8. The van der Waals surface area contributed by atoms with Gasteiger partial charge in [0.1, 0.15) is 0 Å². The Morgan fingerprint density at radius 2 is 2.32 bits per heavy atom. The minimum atomic E-state index is -3.40. The molecule has 1 aliphatic heterocycles. The lowest BCUT2D eigenvalue weighted by Crippen LogP contribution is -2.34. The van der Waals surface area contributed by atoms with Crippen molar-refractivity contribution < 1.29 is 13.2 Å². The van der Waals surface area contributed by atoms with Gasteiger partial charge in [-0.05, 0) is 50.3 Å². The molecule has 0 unspecified atom stereocenters. The highest BCUT2D eigenvalue weighted by Gasteiger charge is 2.19. The highest BCUT2D eigenvalue weighted by molar-refractivity contribution is 7.88. The number of rotatable bonds is 7. The van der Waals surface area contributed by atoms with Crippen molar-refractivity contribution in [1.29, 1.82) is 5.26 Å². The molecule has 0 amide bonds. The normalized spacial score (nSPS) is 19.7. The minimum Gasteiger partial charge on any atom is -0.378 e. The van der Waals surface area contributed by atoms with Crippen LogP contribution in [0.15, 0.2) is 24.3 Å². The van der Waals surface area contributed by atoms with Crippen LogP contribution < -0.4 is 4.72 Å². The van der Waals surface area contributed by atoms with Gasteiger partial charge in [-0.25, -0.2) is 13.1 Å². The molecule has 0 aliphatic carbocycles. The maximum atomic E-state index is 12.2. The van der Waals surface area contributed by atoms with Crippen LogP contribution >= 0.6 is 0 Å². The molecule has 1 fully saturated rings. The molecule has 120 valence electrons. The summed E-state index contributed by atoms with van der Waals surface area (Å²) < 4.78 is 32.6. The smallest absolute Gasteiger partial charge is 0.216 e. The maximum absolute atomic E-state index is 12.2. The summed E-state index contributed by atoms with van der Waals surface area (Å²) in [6, 6.07) is 8.58. The van der Waals surface area contributed by atoms with Crippen molar-refractivity contribution in [2.75, 3.05) is 6.61 Å². The van der Waals surface area contributed by atoms with Crippen LogP contribution in [0.3, 0.4) is 0 Å². The molecule has 1 heterocycles. The molecule has 2 rings (SSSR count). The summed E-state index contributed by atoms with van der Waals surface area (Å²) in [6.07, 6.45) is 4.09. The average Bonchev–Trinajstić information content (AvgIpc) is 2.97. The van der Waals surface area contributed by atoms with Crippen molar-refractivity contribution >= 4 is 10.0 Å². The Morgan fingerprint density at radius 3 is 3.00 bits per heavy atom. The molecule has 1 N–H and O–H groups in total. The van der Waals surface area contributed by atoms with E-state index in [1.807, 2.05) is 13.0 Å². The number of nitrogens with one attached hydrogen (secondary N) is 1. The first-order chi connectivity index (χ1) is 10.5. The Balaban J connectivity index is 1.85. The minimum absolute atomic E-state index is 0.104. The predicted octanol–water partition coefficient (Wildman–Crippen LogP) is 2.33. The van der Waals surface area contributed by atoms with Crippen LogP contribution in [0.5, 0.6) is 0 Å². The van der Waals surface area contributed by atoms with Gasteiger partial charge in [-0.3, -0.25) is 0 Å². The number of sulfonamides is 1. The molecule has 0 saturated carbocycles. The molecule has 1 aromatic carbocycles. The van der Waals surface area contributed by atoms with Gasteiger partial charge in [0.05, 0.1) is 23.5 Å². The molecular formula is C16H22N2O3S. The van der Waals surface area contributed by atoms with Gasteiger partial charge in [0.25, 0.3) is 0 Å². The summed E-state index contributed by atoms with van der Waals surface area (Å²) in [5.41, 5.74) is 1.09. The molecule has 1 saturated heterocycles. The number of nitrogens with zero attached hydrogens (tertiary/aromatic N) is 1. The molecule has 1 aromatic rings. The van der Waals surface area contributed by atoms with E-state index in [9.17, 15) is 8.42 Å². The quantitative estimate of drug-likeness (QED) is 0.835. The number of hydrogen-bond donors (Lipinski definition) is 1. The molecule has 2 atom stereocenters. The Hall–Kier alpha value is -1.42. The van der Waals surface area contributed by atoms with Crippen LogP contribution in [0.4, 0.5) is 0 Å². The first-order valence-electron chi connectivity index (χ1n) is 7.59. The van der Waals surface area contributed by atoms with Gasteiger partial charge in [0.2, 0.25) is 10.0 Å². The fourth-order valence-corrected chi connectivity index (χ4v) is 4.10. The maximum Gasteiger partial charge on any atom is 0.216 e. The summed E-state index contributed by atoms with van der Waals surface area (Å²) in [5.74, 6) is -0.104. The first kappa shape index (κ1) is 16.9. The number of ether oxygens (including phenoxy) is 1. The van der Waals surface area contributed by atoms with Gasteiger partial charge in [0, 0.05) is 12.6 Å². The van der Waals surface area contributed by atoms with Gasteiger partial charge in [0.15, 0.2) is 0 Å². The predicted molar refractivity (Wildman–Crippen MR) is 84.6 cm³/mol. The molecule has 0 radical (unpaired) electrons. The zero-order valence-corrected chi connectivity index (χ0v) is 13.6. The number of hydrogen-bond acceptors (Lipinski definition) is 4. The zero-order chi connectivity index (χ0) is 16.0. The van der Waals surface area contributed by atoms with E-state index in [4.69, 9.17) is 10.00 Å². The van der Waals surface area contributed by atoms with Crippen LogP contribution in [0, 0.1) is 11.3 Å². The summed E-state index contributed by atoms with van der Waals surface area (Å²) in [5, 5.41) is 8.85. The lowest BCUT2D eigenvalue weighted by atomic mass is 10.1. The summed E-state index contributed by atoms with van der Waals surface area (Å²) in [4.78, 5) is 0. The topological polar surface area (TPSA) is 79.2 Å². The Labute approximate surface area is 132 Å². The largest absolute Gasteiger partial charge is 0.378 e. The summed E-state index contributed by atoms with van der Waals surface area (Å²) in [6.45, 7) is 2.69. The highest BCUT2D eigenvalue weighted by atomic mass is 32.2. The van der Waals surface area contributed by atoms with E-state index in [2.05, 4.69) is 4.72 Å². The van der Waals surface area contributed by atoms with Crippen molar-refractivity contribution in [1.82, 2.24) is 4.72 Å². The van der Waals surface area contributed by atoms with E-state index in [-0.39, 0.29) is 17.9 Å². The van der Waals surface area contributed by atoms with E-state index in [1.54, 1.807) is 24.3 Å². The molecule has 0 spiro atoms. The van der Waals surface area contributed by atoms with Crippen LogP contribution in [0.2, 0.25) is 0 Å². The molecular weight excluding hydrogens is 300 g/mol. The fourth-order valence-electron chi connectivity index (χ4n) is 2.67. The number of benzene rings is 1. The third-order valence-electron chi connectivity index (χ3n) is 3.74. The van der Waals surface area contributed by atoms with Crippen molar-refractivity contribution in [2.45, 2.75) is 50.5 Å². The summed E-state index contributed by atoms with van der Waals surface area (Å²) >= 11 is 0. The lowest BCUT2D eigenvalue weighted by molar-refractivity contribution is 0.101. The second kappa shape index (κ2) is 7.73. The van der Waals surface area contributed by atoms with Crippen LogP contribution in [0.25, 0.3) is 0 Å². The average molecular weight is 322 g/mol. The van der Waals surface area contributed by atoms with Gasteiger partial charge in [-0.15, -0.1) is 0 Å². The van der Waals surface area contributed by atoms with Gasteiger partial charge in [-0.2, -0.15) is 5.26 Å². The SMILES string of the molecule is C[C@@H](CC[C@H]1CCCO1)NS(=O)(=O)Cc1cccc(C#N)c1. The molecule has 22 heavy (non-hydrogen) atoms. The van der Waals surface area contributed by atoms with Crippen LogP contribution in [0.1, 0.15) is 43.7 Å². The molecule has 5 nitrogen and oxygen atoms in total. The van der Waals surface area contributed by atoms with E-state index < -0.39 is 10.0 Å². The second-order valence-electron chi connectivity index (χ2n) is 5.80. The van der Waals surface area contributed by atoms with Gasteiger partial charge < -0.3 is 4.74 Å². The Bertz CT molecular complexity index is 631. The van der Waals surface area contributed by atoms with E-state index in [0.29, 0.717) is 11.1 Å². The second-order valence-corrected chi connectivity index (χ2v) is 7.56. The third kappa shape index (κ3) is 5.41. The summed E-state index contributed by atoms with van der Waals surface area (Å²) in [7, 11) is -3.40. The first-order valence-corrected chi connectivity index (χ1v) is 9.24. The molecule has 6 heteroatoms. The van der Waals surface area contributed by atoms with Crippen molar-refractivity contribution in [2.24, 2.45) is 0 Å². The monoisotopic (exact) mass is 322 g/mol. The van der Waals surface area contributed by atoms with Gasteiger partial charge in [-0.1, -0.05) is 12.1 Å². The van der Waals surface area contributed by atoms with Gasteiger partial charge >= 0.3 is 0 Å². The van der Waals surface area contributed by atoms with Crippen molar-refractivity contribution in [3.63, 3.8) is 0 Å². The molecule has 0 bridgehead atoms. The van der Waals surface area contributed by atoms with Crippen molar-refractivity contribution in [3.8, 4) is 6.07 Å². The van der Waals surface area contributed by atoms with E-state index in [1.165, 1.54) is 0 Å². The Kier molecular flexibility index (Phi) is 5.95. The van der Waals surface area contributed by atoms with E-state index >= 15 is 0 Å². The highest BCUT2D eigenvalue weighted by Crippen LogP contribution is 2.18. The van der Waals surface area contributed by atoms with Crippen LogP contribution in [-0.2, 0) is 20.5 Å². The fraction of sp³-hybridized carbons (Fsp3) is 0.562.